The van der Waals surface area contributed by atoms with Gasteiger partial charge in [-0.15, -0.1) is 0 Å². The van der Waals surface area contributed by atoms with Gasteiger partial charge in [-0.2, -0.15) is 0 Å². The first kappa shape index (κ1) is 30.0. The molecule has 0 fully saturated rings. The zero-order chi connectivity index (χ0) is 28.9. The fourth-order valence-electron chi connectivity index (χ4n) is 3.39. The molecule has 0 saturated carbocycles. The van der Waals surface area contributed by atoms with Crippen molar-refractivity contribution < 1.29 is 47.7 Å². The van der Waals surface area contributed by atoms with Crippen molar-refractivity contribution in [1.29, 1.82) is 0 Å². The summed E-state index contributed by atoms with van der Waals surface area (Å²) in [4.78, 5) is 32.8. The summed E-state index contributed by atoms with van der Waals surface area (Å²) in [6, 6.07) is 16.3. The molecule has 1 N–H and O–H groups in total. The van der Waals surface area contributed by atoms with Crippen LogP contribution in [0.15, 0.2) is 66.7 Å². The second-order valence-electron chi connectivity index (χ2n) is 8.35. The van der Waals surface area contributed by atoms with Gasteiger partial charge in [-0.1, -0.05) is 24.3 Å². The number of benzene rings is 3. The Bertz CT molecular complexity index is 1280. The van der Waals surface area contributed by atoms with E-state index in [0.29, 0.717) is 35.7 Å². The normalized spacial score (nSPS) is 11.4. The standard InChI is InChI=1S/C28H28FNO10/c1-19(27(31)32)21-4-11-25(26(29)18-21)20-2-7-23(8-3-20)38-16-14-36-12-13-37-15-17-39-28(33)40-24-9-5-22(6-10-24)30(34)35/h2-11,18-19H,12-17H2,1H3,(H,31,32). The smallest absolute Gasteiger partial charge is 0.491 e. The molecule has 1 atom stereocenters. The molecular weight excluding hydrogens is 529 g/mol. The summed E-state index contributed by atoms with van der Waals surface area (Å²) < 4.78 is 40.6. The Labute approximate surface area is 229 Å². The Kier molecular flexibility index (Phi) is 11.4. The van der Waals surface area contributed by atoms with E-state index < -0.39 is 28.8 Å². The molecular formula is C28H28FNO10. The van der Waals surface area contributed by atoms with Crippen LogP contribution in [0.5, 0.6) is 11.5 Å². The van der Waals surface area contributed by atoms with E-state index in [1.54, 1.807) is 36.4 Å². The third-order valence-corrected chi connectivity index (χ3v) is 5.59. The van der Waals surface area contributed by atoms with Crippen molar-refractivity contribution in [2.45, 2.75) is 12.8 Å². The molecule has 3 aromatic rings. The zero-order valence-corrected chi connectivity index (χ0v) is 21.6. The Balaban J connectivity index is 1.24. The zero-order valence-electron chi connectivity index (χ0n) is 21.6. The van der Waals surface area contributed by atoms with Crippen LogP contribution < -0.4 is 9.47 Å². The van der Waals surface area contributed by atoms with Gasteiger partial charge in [0.05, 0.1) is 37.3 Å². The number of carbonyl (C=O) groups is 2. The number of carboxylic acids is 1. The largest absolute Gasteiger partial charge is 0.513 e. The average molecular weight is 558 g/mol. The molecule has 0 aliphatic rings. The highest BCUT2D eigenvalue weighted by molar-refractivity contribution is 5.76. The van der Waals surface area contributed by atoms with Crippen molar-refractivity contribution in [3.05, 3.63) is 88.2 Å². The SMILES string of the molecule is CC(C(=O)O)c1ccc(-c2ccc(OCCOCCOCCOC(=O)Oc3ccc([N+](=O)[O-])cc3)cc2)c(F)c1. The van der Waals surface area contributed by atoms with E-state index in [0.717, 1.165) is 0 Å². The molecule has 0 bridgehead atoms. The molecule has 0 aliphatic carbocycles. The van der Waals surface area contributed by atoms with Crippen molar-refractivity contribution in [2.24, 2.45) is 0 Å². The number of nitro groups is 1. The molecule has 0 radical (unpaired) electrons. The third kappa shape index (κ3) is 9.33. The summed E-state index contributed by atoms with van der Waals surface area (Å²) in [5, 5.41) is 19.7. The van der Waals surface area contributed by atoms with E-state index in [1.165, 1.54) is 37.3 Å². The van der Waals surface area contributed by atoms with Crippen LogP contribution in [0.3, 0.4) is 0 Å². The number of nitrogens with zero attached hydrogens (tertiary/aromatic N) is 1. The Morgan fingerprint density at radius 1 is 0.875 bits per heavy atom. The first-order valence-electron chi connectivity index (χ1n) is 12.2. The van der Waals surface area contributed by atoms with E-state index in [1.807, 2.05) is 0 Å². The lowest BCUT2D eigenvalue weighted by molar-refractivity contribution is -0.384. The second kappa shape index (κ2) is 15.1. The quantitative estimate of drug-likeness (QED) is 0.0868. The first-order chi connectivity index (χ1) is 19.2. The van der Waals surface area contributed by atoms with Gasteiger partial charge in [-0.05, 0) is 48.4 Å². The third-order valence-electron chi connectivity index (χ3n) is 5.59. The number of nitro benzene ring substituents is 1. The molecule has 212 valence electrons. The maximum atomic E-state index is 14.5. The van der Waals surface area contributed by atoms with Crippen LogP contribution in [0.25, 0.3) is 11.1 Å². The molecule has 12 heteroatoms. The molecule has 1 unspecified atom stereocenters. The molecule has 0 spiro atoms. The van der Waals surface area contributed by atoms with Crippen molar-refractivity contribution in [3.63, 3.8) is 0 Å². The minimum absolute atomic E-state index is 0.0412. The summed E-state index contributed by atoms with van der Waals surface area (Å²) in [5.74, 6) is -1.60. The minimum Gasteiger partial charge on any atom is -0.491 e. The first-order valence-corrected chi connectivity index (χ1v) is 12.2. The van der Waals surface area contributed by atoms with Crippen LogP contribution in [0.4, 0.5) is 14.9 Å². The van der Waals surface area contributed by atoms with Crippen molar-refractivity contribution in [3.8, 4) is 22.6 Å². The summed E-state index contributed by atoms with van der Waals surface area (Å²) in [6.45, 7) is 2.75. The number of hydrogen-bond acceptors (Lipinski definition) is 9. The Hall–Kier alpha value is -4.55. The lowest BCUT2D eigenvalue weighted by Crippen LogP contribution is -2.16. The molecule has 3 aromatic carbocycles. The van der Waals surface area contributed by atoms with Crippen LogP contribution in [0, 0.1) is 15.9 Å². The molecule has 0 amide bonds. The van der Waals surface area contributed by atoms with Crippen LogP contribution in [-0.4, -0.2) is 61.8 Å². The number of non-ortho nitro benzene ring substituents is 1. The second-order valence-corrected chi connectivity index (χ2v) is 8.35. The predicted molar refractivity (Wildman–Crippen MR) is 140 cm³/mol. The number of hydrogen-bond donors (Lipinski definition) is 1. The molecule has 11 nitrogen and oxygen atoms in total. The fourth-order valence-corrected chi connectivity index (χ4v) is 3.39. The number of rotatable bonds is 15. The molecule has 40 heavy (non-hydrogen) atoms. The summed E-state index contributed by atoms with van der Waals surface area (Å²) >= 11 is 0. The summed E-state index contributed by atoms with van der Waals surface area (Å²) in [5.41, 5.74) is 1.28. The molecule has 0 aromatic heterocycles. The highest BCUT2D eigenvalue weighted by Crippen LogP contribution is 2.28. The highest BCUT2D eigenvalue weighted by atomic mass is 19.1. The van der Waals surface area contributed by atoms with E-state index in [9.17, 15) is 24.1 Å². The van der Waals surface area contributed by atoms with Gasteiger partial charge in [0.15, 0.2) is 0 Å². The van der Waals surface area contributed by atoms with E-state index in [-0.39, 0.29) is 37.9 Å². The molecule has 0 aliphatic heterocycles. The molecule has 0 saturated heterocycles. The maximum Gasteiger partial charge on any atom is 0.513 e. The summed E-state index contributed by atoms with van der Waals surface area (Å²) in [7, 11) is 0. The Morgan fingerprint density at radius 2 is 1.48 bits per heavy atom. The van der Waals surface area contributed by atoms with Crippen LogP contribution in [0.2, 0.25) is 0 Å². The lowest BCUT2D eigenvalue weighted by atomic mass is 9.97. The number of halogens is 1. The van der Waals surface area contributed by atoms with E-state index >= 15 is 0 Å². The van der Waals surface area contributed by atoms with E-state index in [2.05, 4.69) is 0 Å². The number of ether oxygens (including phenoxy) is 5. The topological polar surface area (TPSA) is 144 Å². The van der Waals surface area contributed by atoms with Gasteiger partial charge in [-0.3, -0.25) is 14.9 Å². The van der Waals surface area contributed by atoms with Gasteiger partial charge in [0.2, 0.25) is 0 Å². The number of carboxylic acid groups (broad SMARTS) is 1. The maximum absolute atomic E-state index is 14.5. The van der Waals surface area contributed by atoms with Crippen molar-refractivity contribution in [2.75, 3.05) is 39.6 Å². The molecule has 3 rings (SSSR count). The minimum atomic E-state index is -1.02. The van der Waals surface area contributed by atoms with E-state index in [4.69, 9.17) is 28.8 Å². The van der Waals surface area contributed by atoms with Gasteiger partial charge >= 0.3 is 12.1 Å². The molecule has 0 heterocycles. The lowest BCUT2D eigenvalue weighted by Gasteiger charge is -2.11. The average Bonchev–Trinajstić information content (AvgIpc) is 2.94. The van der Waals surface area contributed by atoms with Crippen molar-refractivity contribution >= 4 is 17.8 Å². The number of carbonyl (C=O) groups excluding carboxylic acids is 1. The van der Waals surface area contributed by atoms with Gasteiger partial charge in [0, 0.05) is 17.7 Å². The van der Waals surface area contributed by atoms with Crippen LogP contribution >= 0.6 is 0 Å². The predicted octanol–water partition coefficient (Wildman–Crippen LogP) is 5.22. The van der Waals surface area contributed by atoms with Crippen molar-refractivity contribution in [1.82, 2.24) is 0 Å². The monoisotopic (exact) mass is 557 g/mol. The Morgan fingerprint density at radius 3 is 2.08 bits per heavy atom. The van der Waals surface area contributed by atoms with Gasteiger partial charge in [0.1, 0.15) is 30.5 Å². The van der Waals surface area contributed by atoms with Gasteiger partial charge < -0.3 is 28.8 Å². The number of aliphatic carboxylic acids is 1. The van der Waals surface area contributed by atoms with Gasteiger partial charge in [0.25, 0.3) is 5.69 Å². The fraction of sp³-hybridized carbons (Fsp3) is 0.286. The van der Waals surface area contributed by atoms with Crippen LogP contribution in [0.1, 0.15) is 18.4 Å². The van der Waals surface area contributed by atoms with Gasteiger partial charge in [-0.25, -0.2) is 9.18 Å². The summed E-state index contributed by atoms with van der Waals surface area (Å²) in [6.07, 6.45) is -0.952. The highest BCUT2D eigenvalue weighted by Gasteiger charge is 2.16. The van der Waals surface area contributed by atoms with Crippen LogP contribution in [-0.2, 0) is 19.0 Å².